The van der Waals surface area contributed by atoms with Gasteiger partial charge in [-0.2, -0.15) is 31.4 Å². The van der Waals surface area contributed by atoms with E-state index in [1.807, 2.05) is 36.9 Å². The van der Waals surface area contributed by atoms with Crippen LogP contribution in [0.5, 0.6) is 5.88 Å². The van der Waals surface area contributed by atoms with Crippen LogP contribution in [0.3, 0.4) is 0 Å². The lowest BCUT2D eigenvalue weighted by atomic mass is 9.81. The lowest BCUT2D eigenvalue weighted by molar-refractivity contribution is -0.193. The van der Waals surface area contributed by atoms with E-state index in [1.54, 1.807) is 6.20 Å². The third-order valence-corrected chi connectivity index (χ3v) is 5.62. The number of carbonyl (C=O) groups is 2. The summed E-state index contributed by atoms with van der Waals surface area (Å²) >= 11 is 0. The third-order valence-electron chi connectivity index (χ3n) is 5.62. The molecule has 2 fully saturated rings. The van der Waals surface area contributed by atoms with Crippen molar-refractivity contribution in [3.05, 3.63) is 41.9 Å². The number of pyridine rings is 1. The van der Waals surface area contributed by atoms with Crippen LogP contribution < -0.4 is 4.74 Å². The summed E-state index contributed by atoms with van der Waals surface area (Å²) in [5.41, 5.74) is 2.28. The van der Waals surface area contributed by atoms with Gasteiger partial charge >= 0.3 is 24.3 Å². The van der Waals surface area contributed by atoms with Crippen molar-refractivity contribution >= 4 is 11.9 Å². The average Bonchev–Trinajstić information content (AvgIpc) is 3.34. The zero-order valence-electron chi connectivity index (χ0n) is 20.3. The van der Waals surface area contributed by atoms with E-state index in [4.69, 9.17) is 29.3 Å². The Hall–Kier alpha value is -3.40. The molecular weight excluding hydrogens is 530 g/mol. The molecule has 0 aliphatic carbocycles. The van der Waals surface area contributed by atoms with Crippen LogP contribution in [0.15, 0.2) is 30.5 Å². The van der Waals surface area contributed by atoms with Crippen LogP contribution in [0.25, 0.3) is 0 Å². The predicted octanol–water partition coefficient (Wildman–Crippen LogP) is 3.06. The monoisotopic (exact) mass is 556 g/mol. The van der Waals surface area contributed by atoms with Gasteiger partial charge in [-0.1, -0.05) is 6.07 Å². The number of hydrogen-bond donors (Lipinski definition) is 2. The van der Waals surface area contributed by atoms with E-state index in [1.165, 1.54) is 5.69 Å². The normalized spacial score (nSPS) is 18.5. The van der Waals surface area contributed by atoms with Gasteiger partial charge in [0.05, 0.1) is 23.6 Å². The molecule has 2 aromatic heterocycles. The Balaban J connectivity index is 0.000000301. The van der Waals surface area contributed by atoms with Crippen LogP contribution in [-0.2, 0) is 27.9 Å². The summed E-state index contributed by atoms with van der Waals surface area (Å²) in [4.78, 5) is 24.4. The summed E-state index contributed by atoms with van der Waals surface area (Å²) in [6.45, 7) is 6.40. The van der Waals surface area contributed by atoms with Crippen LogP contribution in [0.2, 0.25) is 0 Å². The second-order valence-corrected chi connectivity index (χ2v) is 8.53. The number of ether oxygens (including phenoxy) is 2. The Morgan fingerprint density at radius 3 is 2.16 bits per heavy atom. The van der Waals surface area contributed by atoms with Crippen LogP contribution >= 0.6 is 0 Å². The van der Waals surface area contributed by atoms with Gasteiger partial charge in [0.1, 0.15) is 0 Å². The first-order valence-electron chi connectivity index (χ1n) is 11.0. The second-order valence-electron chi connectivity index (χ2n) is 8.53. The Morgan fingerprint density at radius 1 is 1.13 bits per heavy atom. The van der Waals surface area contributed by atoms with Gasteiger partial charge in [0, 0.05) is 51.5 Å². The van der Waals surface area contributed by atoms with Crippen LogP contribution in [0.1, 0.15) is 17.8 Å². The van der Waals surface area contributed by atoms with E-state index in [-0.39, 0.29) is 5.60 Å². The highest BCUT2D eigenvalue weighted by atomic mass is 19.4. The molecule has 1 atom stereocenters. The van der Waals surface area contributed by atoms with Crippen molar-refractivity contribution in [3.8, 4) is 5.88 Å². The van der Waals surface area contributed by atoms with Gasteiger partial charge in [-0.25, -0.2) is 14.6 Å². The van der Waals surface area contributed by atoms with Gasteiger partial charge < -0.3 is 19.7 Å². The largest absolute Gasteiger partial charge is 0.490 e. The van der Waals surface area contributed by atoms with E-state index < -0.39 is 24.3 Å². The SMILES string of the molecule is Cc1cc(CN2CC3(C2)OCCC3COc2ccccn2)n(C)n1.O=C(O)C(F)(F)F.O=C(O)C(F)(F)F. The molecule has 4 rings (SSSR count). The molecule has 0 aromatic carbocycles. The van der Waals surface area contributed by atoms with Gasteiger partial charge in [-0.05, 0) is 25.5 Å². The molecule has 16 heteroatoms. The molecule has 1 unspecified atom stereocenters. The third kappa shape index (κ3) is 8.86. The van der Waals surface area contributed by atoms with Gasteiger partial charge in [-0.15, -0.1) is 0 Å². The Bertz CT molecular complexity index is 1050. The van der Waals surface area contributed by atoms with E-state index in [9.17, 15) is 26.3 Å². The summed E-state index contributed by atoms with van der Waals surface area (Å²) in [5.74, 6) is -4.38. The highest BCUT2D eigenvalue weighted by Gasteiger charge is 2.53. The molecule has 4 heterocycles. The van der Waals surface area contributed by atoms with Crippen LogP contribution in [0, 0.1) is 12.8 Å². The summed E-state index contributed by atoms with van der Waals surface area (Å²) in [5, 5.41) is 18.7. The number of carboxylic acid groups (broad SMARTS) is 2. The first-order chi connectivity index (χ1) is 17.5. The maximum atomic E-state index is 10.6. The number of alkyl halides is 6. The molecule has 212 valence electrons. The number of likely N-dealkylation sites (tertiary alicyclic amines) is 1. The average molecular weight is 556 g/mol. The fraction of sp³-hybridized carbons (Fsp3) is 0.545. The molecule has 2 saturated heterocycles. The standard InChI is InChI=1S/C18H24N4O2.2C2HF3O2/c1-14-9-16(21(2)20-14)10-22-12-18(13-22)15(6-8-24-18)11-23-17-5-3-4-7-19-17;2*3-2(4,5)1(6)7/h3-5,7,9,15H,6,8,10-13H2,1-2H3;2*(H,6,7). The minimum atomic E-state index is -5.08. The van der Waals surface area contributed by atoms with E-state index in [0.29, 0.717) is 18.4 Å². The van der Waals surface area contributed by atoms with E-state index in [2.05, 4.69) is 21.0 Å². The number of nitrogens with zero attached hydrogens (tertiary/aromatic N) is 4. The molecule has 0 radical (unpaired) electrons. The Kier molecular flexibility index (Phi) is 10.1. The maximum absolute atomic E-state index is 10.6. The van der Waals surface area contributed by atoms with E-state index in [0.717, 1.165) is 38.4 Å². The summed E-state index contributed by atoms with van der Waals surface area (Å²) in [6, 6.07) is 7.91. The number of halogens is 6. The van der Waals surface area contributed by atoms with Gasteiger partial charge in [0.25, 0.3) is 0 Å². The summed E-state index contributed by atoms with van der Waals surface area (Å²) < 4.78 is 77.4. The molecule has 0 saturated carbocycles. The Morgan fingerprint density at radius 2 is 1.71 bits per heavy atom. The number of carboxylic acids is 2. The lowest BCUT2D eigenvalue weighted by Gasteiger charge is -2.50. The smallest absolute Gasteiger partial charge is 0.477 e. The van der Waals surface area contributed by atoms with Gasteiger partial charge in [-0.3, -0.25) is 9.58 Å². The first kappa shape index (κ1) is 30.8. The number of rotatable bonds is 5. The Labute approximate surface area is 212 Å². The molecule has 10 nitrogen and oxygen atoms in total. The van der Waals surface area contributed by atoms with Gasteiger partial charge in [0.15, 0.2) is 0 Å². The van der Waals surface area contributed by atoms with Crippen molar-refractivity contribution in [1.82, 2.24) is 19.7 Å². The van der Waals surface area contributed by atoms with Gasteiger partial charge in [0.2, 0.25) is 5.88 Å². The number of aryl methyl sites for hydroxylation is 2. The molecule has 2 N–H and O–H groups in total. The van der Waals surface area contributed by atoms with E-state index >= 15 is 0 Å². The zero-order valence-corrected chi connectivity index (χ0v) is 20.3. The van der Waals surface area contributed by atoms with Crippen molar-refractivity contribution in [2.45, 2.75) is 37.8 Å². The highest BCUT2D eigenvalue weighted by Crippen LogP contribution is 2.40. The minimum Gasteiger partial charge on any atom is -0.477 e. The van der Waals surface area contributed by atoms with Crippen LogP contribution in [-0.4, -0.2) is 86.1 Å². The quantitative estimate of drug-likeness (QED) is 0.535. The fourth-order valence-corrected chi connectivity index (χ4v) is 3.85. The molecule has 38 heavy (non-hydrogen) atoms. The van der Waals surface area contributed by atoms with Crippen molar-refractivity contribution in [2.75, 3.05) is 26.3 Å². The van der Waals surface area contributed by atoms with Crippen molar-refractivity contribution in [2.24, 2.45) is 13.0 Å². The van der Waals surface area contributed by atoms with Crippen molar-refractivity contribution in [3.63, 3.8) is 0 Å². The number of aromatic nitrogens is 3. The minimum absolute atomic E-state index is 0.0393. The molecular formula is C22H26F6N4O6. The molecule has 0 amide bonds. The second kappa shape index (κ2) is 12.4. The molecule has 0 bridgehead atoms. The van der Waals surface area contributed by atoms with Crippen molar-refractivity contribution < 1.29 is 55.6 Å². The summed E-state index contributed by atoms with van der Waals surface area (Å²) in [7, 11) is 2.01. The first-order valence-corrected chi connectivity index (χ1v) is 11.0. The molecule has 2 aliphatic heterocycles. The number of aliphatic carboxylic acids is 2. The zero-order chi connectivity index (χ0) is 28.7. The molecule has 1 spiro atoms. The molecule has 2 aromatic rings. The number of hydrogen-bond acceptors (Lipinski definition) is 7. The van der Waals surface area contributed by atoms with Crippen LogP contribution in [0.4, 0.5) is 26.3 Å². The highest BCUT2D eigenvalue weighted by molar-refractivity contribution is 5.73. The topological polar surface area (TPSA) is 127 Å². The fourth-order valence-electron chi connectivity index (χ4n) is 3.85. The predicted molar refractivity (Wildman–Crippen MR) is 117 cm³/mol. The van der Waals surface area contributed by atoms with Crippen molar-refractivity contribution in [1.29, 1.82) is 0 Å². The summed E-state index contributed by atoms with van der Waals surface area (Å²) in [6.07, 6.45) is -7.34. The maximum Gasteiger partial charge on any atom is 0.490 e. The molecule has 2 aliphatic rings. The lowest BCUT2D eigenvalue weighted by Crippen LogP contribution is -2.64.